The second-order valence-corrected chi connectivity index (χ2v) is 6.00. The summed E-state index contributed by atoms with van der Waals surface area (Å²) in [5.74, 6) is 1.56. The molecule has 1 heterocycles. The average molecular weight is 226 g/mol. The van der Waals surface area contributed by atoms with Gasteiger partial charge < -0.3 is 5.32 Å². The number of likely N-dealkylation sites (tertiary alicyclic amines) is 1. The van der Waals surface area contributed by atoms with Crippen LogP contribution in [-0.4, -0.2) is 36.6 Å². The quantitative estimate of drug-likeness (QED) is 0.793. The van der Waals surface area contributed by atoms with Crippen molar-refractivity contribution in [2.75, 3.05) is 13.6 Å². The van der Waals surface area contributed by atoms with Gasteiger partial charge in [0.1, 0.15) is 0 Å². The fourth-order valence-corrected chi connectivity index (χ4v) is 3.24. The third-order valence-electron chi connectivity index (χ3n) is 4.37. The van der Waals surface area contributed by atoms with Crippen LogP contribution >= 0.6 is 0 Å². The molecule has 1 N–H and O–H groups in total. The highest BCUT2D eigenvalue weighted by molar-refractivity contribution is 4.90. The molecular weight excluding hydrogens is 196 g/mol. The van der Waals surface area contributed by atoms with Gasteiger partial charge in [0.25, 0.3) is 0 Å². The van der Waals surface area contributed by atoms with Crippen molar-refractivity contribution < 1.29 is 0 Å². The van der Waals surface area contributed by atoms with E-state index >= 15 is 0 Å². The lowest BCUT2D eigenvalue weighted by atomic mass is 9.85. The molecule has 4 atom stereocenters. The van der Waals surface area contributed by atoms with Crippen molar-refractivity contribution in [2.24, 2.45) is 11.8 Å². The third-order valence-corrected chi connectivity index (χ3v) is 4.37. The van der Waals surface area contributed by atoms with Crippen molar-refractivity contribution in [1.29, 1.82) is 0 Å². The zero-order valence-electron chi connectivity index (χ0n) is 12.0. The lowest BCUT2D eigenvalue weighted by Crippen LogP contribution is -2.55. The summed E-state index contributed by atoms with van der Waals surface area (Å²) in [5, 5.41) is 3.46. The lowest BCUT2D eigenvalue weighted by molar-refractivity contribution is 0.0474. The molecule has 96 valence electrons. The fourth-order valence-electron chi connectivity index (χ4n) is 3.24. The summed E-state index contributed by atoms with van der Waals surface area (Å²) >= 11 is 0. The molecule has 0 spiro atoms. The average Bonchev–Trinajstić information content (AvgIpc) is 2.20. The van der Waals surface area contributed by atoms with Gasteiger partial charge >= 0.3 is 0 Å². The van der Waals surface area contributed by atoms with Crippen LogP contribution in [0.3, 0.4) is 0 Å². The van der Waals surface area contributed by atoms with Crippen LogP contribution in [0.25, 0.3) is 0 Å². The molecule has 0 aromatic rings. The van der Waals surface area contributed by atoms with E-state index in [1.54, 1.807) is 0 Å². The van der Waals surface area contributed by atoms with Gasteiger partial charge in [-0.15, -0.1) is 0 Å². The Labute approximate surface area is 102 Å². The van der Waals surface area contributed by atoms with E-state index in [1.807, 2.05) is 0 Å². The van der Waals surface area contributed by atoms with Gasteiger partial charge in [0.2, 0.25) is 0 Å². The van der Waals surface area contributed by atoms with Gasteiger partial charge in [0, 0.05) is 24.7 Å². The molecule has 0 aromatic heterocycles. The predicted octanol–water partition coefficient (Wildman–Crippen LogP) is 2.74. The second kappa shape index (κ2) is 6.02. The van der Waals surface area contributed by atoms with Crippen LogP contribution in [0.15, 0.2) is 0 Å². The van der Waals surface area contributed by atoms with Gasteiger partial charge in [-0.05, 0) is 45.6 Å². The van der Waals surface area contributed by atoms with E-state index in [0.29, 0.717) is 12.1 Å². The van der Waals surface area contributed by atoms with Crippen molar-refractivity contribution in [3.63, 3.8) is 0 Å². The summed E-state index contributed by atoms with van der Waals surface area (Å²) in [6.45, 7) is 13.1. The van der Waals surface area contributed by atoms with Crippen molar-refractivity contribution in [3.05, 3.63) is 0 Å². The highest BCUT2D eigenvalue weighted by Crippen LogP contribution is 2.27. The minimum absolute atomic E-state index is 0.706. The molecule has 1 rings (SSSR count). The van der Waals surface area contributed by atoms with Crippen LogP contribution < -0.4 is 5.32 Å². The lowest BCUT2D eigenvalue weighted by Gasteiger charge is -2.46. The molecule has 4 unspecified atom stereocenters. The Morgan fingerprint density at radius 1 is 1.25 bits per heavy atom. The normalized spacial score (nSPS) is 34.3. The highest BCUT2D eigenvalue weighted by atomic mass is 15.2. The SMILES string of the molecule is CNC1CCN(C(C)CC(C)C)C(C)C1C. The topological polar surface area (TPSA) is 15.3 Å². The number of nitrogens with zero attached hydrogens (tertiary/aromatic N) is 1. The minimum Gasteiger partial charge on any atom is -0.317 e. The van der Waals surface area contributed by atoms with E-state index in [1.165, 1.54) is 19.4 Å². The summed E-state index contributed by atoms with van der Waals surface area (Å²) < 4.78 is 0. The van der Waals surface area contributed by atoms with Crippen molar-refractivity contribution in [3.8, 4) is 0 Å². The van der Waals surface area contributed by atoms with Crippen molar-refractivity contribution in [2.45, 2.75) is 65.6 Å². The molecule has 16 heavy (non-hydrogen) atoms. The van der Waals surface area contributed by atoms with Gasteiger partial charge in [0.05, 0.1) is 0 Å². The van der Waals surface area contributed by atoms with Crippen molar-refractivity contribution >= 4 is 0 Å². The fraction of sp³-hybridized carbons (Fsp3) is 1.00. The zero-order chi connectivity index (χ0) is 12.3. The van der Waals surface area contributed by atoms with E-state index in [9.17, 15) is 0 Å². The van der Waals surface area contributed by atoms with Gasteiger partial charge in [0.15, 0.2) is 0 Å². The number of nitrogens with one attached hydrogen (secondary N) is 1. The molecule has 1 saturated heterocycles. The minimum atomic E-state index is 0.706. The van der Waals surface area contributed by atoms with E-state index < -0.39 is 0 Å². The van der Waals surface area contributed by atoms with Crippen LogP contribution in [-0.2, 0) is 0 Å². The first kappa shape index (κ1) is 14.0. The Kier molecular flexibility index (Phi) is 5.26. The Bertz CT molecular complexity index is 203. The molecule has 0 radical (unpaired) electrons. The summed E-state index contributed by atoms with van der Waals surface area (Å²) in [6.07, 6.45) is 2.62. The Morgan fingerprint density at radius 3 is 2.38 bits per heavy atom. The predicted molar refractivity (Wildman–Crippen MR) is 71.7 cm³/mol. The summed E-state index contributed by atoms with van der Waals surface area (Å²) in [4.78, 5) is 2.71. The number of hydrogen-bond acceptors (Lipinski definition) is 2. The van der Waals surface area contributed by atoms with Gasteiger partial charge in [-0.3, -0.25) is 4.90 Å². The van der Waals surface area contributed by atoms with E-state index in [2.05, 4.69) is 51.9 Å². The third kappa shape index (κ3) is 3.21. The molecule has 0 aromatic carbocycles. The van der Waals surface area contributed by atoms with Crippen LogP contribution in [0.4, 0.5) is 0 Å². The number of piperidine rings is 1. The van der Waals surface area contributed by atoms with Gasteiger partial charge in [-0.1, -0.05) is 20.8 Å². The Morgan fingerprint density at radius 2 is 1.88 bits per heavy atom. The molecule has 0 amide bonds. The molecule has 0 aliphatic carbocycles. The molecule has 1 fully saturated rings. The smallest absolute Gasteiger partial charge is 0.0117 e. The maximum absolute atomic E-state index is 3.46. The van der Waals surface area contributed by atoms with E-state index in [4.69, 9.17) is 0 Å². The van der Waals surface area contributed by atoms with Crippen LogP contribution in [0.1, 0.15) is 47.5 Å². The monoisotopic (exact) mass is 226 g/mol. The van der Waals surface area contributed by atoms with Crippen molar-refractivity contribution in [1.82, 2.24) is 10.2 Å². The standard InChI is InChI=1S/C14H30N2/c1-10(2)9-11(3)16-8-7-14(15-6)12(4)13(16)5/h10-15H,7-9H2,1-6H3. The number of hydrogen-bond donors (Lipinski definition) is 1. The zero-order valence-corrected chi connectivity index (χ0v) is 12.0. The van der Waals surface area contributed by atoms with E-state index in [-0.39, 0.29) is 0 Å². The molecule has 0 bridgehead atoms. The molecule has 2 heteroatoms. The molecule has 0 saturated carbocycles. The van der Waals surface area contributed by atoms with Gasteiger partial charge in [-0.25, -0.2) is 0 Å². The van der Waals surface area contributed by atoms with Gasteiger partial charge in [-0.2, -0.15) is 0 Å². The first-order valence-electron chi connectivity index (χ1n) is 6.90. The van der Waals surface area contributed by atoms with E-state index in [0.717, 1.165) is 17.9 Å². The second-order valence-electron chi connectivity index (χ2n) is 6.00. The highest BCUT2D eigenvalue weighted by Gasteiger charge is 2.33. The molecule has 1 aliphatic heterocycles. The Hall–Kier alpha value is -0.0800. The van der Waals surface area contributed by atoms with Crippen LogP contribution in [0.2, 0.25) is 0 Å². The maximum Gasteiger partial charge on any atom is 0.0117 e. The Balaban J connectivity index is 2.56. The summed E-state index contributed by atoms with van der Waals surface area (Å²) in [7, 11) is 2.10. The summed E-state index contributed by atoms with van der Waals surface area (Å²) in [6, 6.07) is 2.15. The molecule has 2 nitrogen and oxygen atoms in total. The summed E-state index contributed by atoms with van der Waals surface area (Å²) in [5.41, 5.74) is 0. The molecular formula is C14H30N2. The van der Waals surface area contributed by atoms with Crippen LogP contribution in [0, 0.1) is 11.8 Å². The first-order chi connectivity index (χ1) is 7.47. The number of rotatable bonds is 4. The maximum atomic E-state index is 3.46. The largest absolute Gasteiger partial charge is 0.317 e. The first-order valence-corrected chi connectivity index (χ1v) is 6.90. The van der Waals surface area contributed by atoms with Crippen LogP contribution in [0.5, 0.6) is 0 Å². The molecule has 1 aliphatic rings.